The summed E-state index contributed by atoms with van der Waals surface area (Å²) in [5.41, 5.74) is -0.337. The lowest BCUT2D eigenvalue weighted by Crippen LogP contribution is -2.24. The molecule has 0 aromatic carbocycles. The van der Waals surface area contributed by atoms with Crippen molar-refractivity contribution in [3.8, 4) is 0 Å². The van der Waals surface area contributed by atoms with E-state index in [0.717, 1.165) is 4.57 Å². The Bertz CT molecular complexity index is 589. The van der Waals surface area contributed by atoms with Crippen LogP contribution in [0.15, 0.2) is 21.0 Å². The Morgan fingerprint density at radius 3 is 3.07 bits per heavy atom. The number of aromatic nitrogens is 2. The normalized spacial score (nSPS) is 10.7. The molecule has 7 heteroatoms. The van der Waals surface area contributed by atoms with Crippen molar-refractivity contribution in [1.82, 2.24) is 9.55 Å². The van der Waals surface area contributed by atoms with Crippen molar-refractivity contribution in [2.45, 2.75) is 6.54 Å². The van der Waals surface area contributed by atoms with Crippen LogP contribution in [0, 0.1) is 0 Å². The summed E-state index contributed by atoms with van der Waals surface area (Å²) in [5.74, 6) is -1.07. The summed E-state index contributed by atoms with van der Waals surface area (Å²) in [7, 11) is 0. The van der Waals surface area contributed by atoms with E-state index in [1.165, 1.54) is 17.7 Å². The van der Waals surface area contributed by atoms with Crippen molar-refractivity contribution in [1.29, 1.82) is 0 Å². The number of carbonyl (C=O) groups is 1. The largest absolute Gasteiger partial charge is 0.480 e. The van der Waals surface area contributed by atoms with E-state index in [2.05, 4.69) is 20.9 Å². The van der Waals surface area contributed by atoms with E-state index in [1.807, 2.05) is 0 Å². The standard InChI is InChI=1S/C8H5BrN2O3S/c9-4-2-15-7-6(4)8(14)11(3-10-7)1-5(12)13/h2-3H,1H2,(H,12,13). The van der Waals surface area contributed by atoms with Gasteiger partial charge in [0.1, 0.15) is 11.4 Å². The number of nitrogens with zero attached hydrogens (tertiary/aromatic N) is 2. The zero-order valence-electron chi connectivity index (χ0n) is 7.31. The Morgan fingerprint density at radius 1 is 1.67 bits per heavy atom. The molecule has 0 saturated heterocycles. The first-order chi connectivity index (χ1) is 7.09. The summed E-state index contributed by atoms with van der Waals surface area (Å²) in [6.07, 6.45) is 1.25. The number of hydrogen-bond donors (Lipinski definition) is 1. The molecule has 2 aromatic heterocycles. The molecule has 2 heterocycles. The van der Waals surface area contributed by atoms with Crippen molar-refractivity contribution >= 4 is 43.5 Å². The molecule has 0 amide bonds. The van der Waals surface area contributed by atoms with Crippen molar-refractivity contribution in [3.05, 3.63) is 26.5 Å². The van der Waals surface area contributed by atoms with Crippen LogP contribution >= 0.6 is 27.3 Å². The number of carboxylic acids is 1. The summed E-state index contributed by atoms with van der Waals surface area (Å²) >= 11 is 4.56. The van der Waals surface area contributed by atoms with Gasteiger partial charge in [-0.2, -0.15) is 0 Å². The Hall–Kier alpha value is -1.21. The van der Waals surface area contributed by atoms with Crippen molar-refractivity contribution in [2.75, 3.05) is 0 Å². The van der Waals surface area contributed by atoms with E-state index in [1.54, 1.807) is 5.38 Å². The highest BCUT2D eigenvalue weighted by Gasteiger charge is 2.10. The van der Waals surface area contributed by atoms with Crippen LogP contribution in [0.25, 0.3) is 10.2 Å². The van der Waals surface area contributed by atoms with Crippen LogP contribution in [0.4, 0.5) is 0 Å². The van der Waals surface area contributed by atoms with Crippen LogP contribution < -0.4 is 5.56 Å². The number of hydrogen-bond acceptors (Lipinski definition) is 4. The molecular formula is C8H5BrN2O3S. The molecule has 1 N–H and O–H groups in total. The lowest BCUT2D eigenvalue weighted by Gasteiger charge is -2.00. The minimum absolute atomic E-state index is 0.337. The Labute approximate surface area is 96.1 Å². The molecule has 0 aliphatic carbocycles. The van der Waals surface area contributed by atoms with Gasteiger partial charge in [-0.25, -0.2) is 4.98 Å². The van der Waals surface area contributed by atoms with E-state index in [9.17, 15) is 9.59 Å². The van der Waals surface area contributed by atoms with Gasteiger partial charge in [-0.15, -0.1) is 11.3 Å². The van der Waals surface area contributed by atoms with Gasteiger partial charge in [0.25, 0.3) is 5.56 Å². The molecule has 0 atom stereocenters. The van der Waals surface area contributed by atoms with Gasteiger partial charge in [0, 0.05) is 9.85 Å². The fourth-order valence-electron chi connectivity index (χ4n) is 1.19. The molecule has 78 valence electrons. The van der Waals surface area contributed by atoms with Crippen LogP contribution in [-0.2, 0) is 11.3 Å². The molecule has 0 aliphatic heterocycles. The Kier molecular flexibility index (Phi) is 2.57. The van der Waals surface area contributed by atoms with Crippen LogP contribution in [0.1, 0.15) is 0 Å². The van der Waals surface area contributed by atoms with Gasteiger partial charge in [0.2, 0.25) is 0 Å². The van der Waals surface area contributed by atoms with E-state index in [4.69, 9.17) is 5.11 Å². The summed E-state index contributed by atoms with van der Waals surface area (Å²) in [5, 5.41) is 10.8. The molecule has 15 heavy (non-hydrogen) atoms. The monoisotopic (exact) mass is 288 g/mol. The second-order valence-corrected chi connectivity index (χ2v) is 4.55. The molecule has 0 saturated carbocycles. The zero-order chi connectivity index (χ0) is 11.0. The third-order valence-corrected chi connectivity index (χ3v) is 3.64. The third-order valence-electron chi connectivity index (χ3n) is 1.82. The maximum absolute atomic E-state index is 11.8. The van der Waals surface area contributed by atoms with Gasteiger partial charge in [-0.1, -0.05) is 0 Å². The van der Waals surface area contributed by atoms with Crippen LogP contribution in [0.3, 0.4) is 0 Å². The van der Waals surface area contributed by atoms with Crippen molar-refractivity contribution in [2.24, 2.45) is 0 Å². The van der Waals surface area contributed by atoms with Gasteiger partial charge in [-0.3, -0.25) is 14.2 Å². The highest BCUT2D eigenvalue weighted by atomic mass is 79.9. The number of halogens is 1. The minimum Gasteiger partial charge on any atom is -0.480 e. The van der Waals surface area contributed by atoms with E-state index in [0.29, 0.717) is 14.7 Å². The molecule has 2 aromatic rings. The fourth-order valence-corrected chi connectivity index (χ4v) is 2.72. The van der Waals surface area contributed by atoms with Gasteiger partial charge in [0.15, 0.2) is 0 Å². The maximum atomic E-state index is 11.8. The van der Waals surface area contributed by atoms with Crippen LogP contribution in [0.5, 0.6) is 0 Å². The van der Waals surface area contributed by atoms with Crippen molar-refractivity contribution in [3.63, 3.8) is 0 Å². The highest BCUT2D eigenvalue weighted by Crippen LogP contribution is 2.25. The van der Waals surface area contributed by atoms with E-state index in [-0.39, 0.29) is 12.1 Å². The summed E-state index contributed by atoms with van der Waals surface area (Å²) in [4.78, 5) is 26.9. The predicted octanol–water partition coefficient (Wildman–Crippen LogP) is 1.31. The summed E-state index contributed by atoms with van der Waals surface area (Å²) in [6, 6.07) is 0. The first-order valence-electron chi connectivity index (χ1n) is 3.93. The molecule has 0 spiro atoms. The third kappa shape index (κ3) is 1.80. The molecule has 5 nitrogen and oxygen atoms in total. The van der Waals surface area contributed by atoms with Crippen LogP contribution in [-0.4, -0.2) is 20.6 Å². The first-order valence-corrected chi connectivity index (χ1v) is 5.61. The number of carboxylic acid groups (broad SMARTS) is 1. The lowest BCUT2D eigenvalue weighted by molar-refractivity contribution is -0.137. The van der Waals surface area contributed by atoms with Gasteiger partial charge >= 0.3 is 5.97 Å². The highest BCUT2D eigenvalue weighted by molar-refractivity contribution is 9.10. The minimum atomic E-state index is -1.07. The first kappa shape index (κ1) is 10.3. The Morgan fingerprint density at radius 2 is 2.40 bits per heavy atom. The maximum Gasteiger partial charge on any atom is 0.323 e. The zero-order valence-corrected chi connectivity index (χ0v) is 9.71. The van der Waals surface area contributed by atoms with Crippen LogP contribution in [0.2, 0.25) is 0 Å². The second kappa shape index (κ2) is 3.74. The molecule has 0 unspecified atom stereocenters. The summed E-state index contributed by atoms with van der Waals surface area (Å²) in [6.45, 7) is -0.371. The molecule has 0 fully saturated rings. The molecule has 0 aliphatic rings. The summed E-state index contributed by atoms with van der Waals surface area (Å²) < 4.78 is 1.72. The van der Waals surface area contributed by atoms with E-state index < -0.39 is 5.97 Å². The second-order valence-electron chi connectivity index (χ2n) is 2.84. The van der Waals surface area contributed by atoms with Gasteiger partial charge in [0.05, 0.1) is 11.7 Å². The number of thiophene rings is 1. The Balaban J connectivity index is 2.69. The molecule has 0 radical (unpaired) electrons. The fraction of sp³-hybridized carbons (Fsp3) is 0.125. The number of rotatable bonds is 2. The lowest BCUT2D eigenvalue weighted by atomic mass is 10.4. The topological polar surface area (TPSA) is 72.2 Å². The average Bonchev–Trinajstić information content (AvgIpc) is 2.53. The molecule has 2 rings (SSSR count). The number of fused-ring (bicyclic) bond motifs is 1. The van der Waals surface area contributed by atoms with Gasteiger partial charge in [-0.05, 0) is 15.9 Å². The van der Waals surface area contributed by atoms with Gasteiger partial charge < -0.3 is 5.11 Å². The average molecular weight is 289 g/mol. The SMILES string of the molecule is O=C(O)Cn1cnc2scc(Br)c2c1=O. The van der Waals surface area contributed by atoms with Crippen molar-refractivity contribution < 1.29 is 9.90 Å². The molecular weight excluding hydrogens is 284 g/mol. The smallest absolute Gasteiger partial charge is 0.323 e. The van der Waals surface area contributed by atoms with E-state index >= 15 is 0 Å². The predicted molar refractivity (Wildman–Crippen MR) is 59.2 cm³/mol. The quantitative estimate of drug-likeness (QED) is 0.904. The molecule has 0 bridgehead atoms. The number of aliphatic carboxylic acids is 1.